The van der Waals surface area contributed by atoms with Gasteiger partial charge in [-0.25, -0.2) is 0 Å². The monoisotopic (exact) mass is 348 g/mol. The zero-order valence-electron chi connectivity index (χ0n) is 18.3. The highest BCUT2D eigenvalue weighted by molar-refractivity contribution is 5.47. The number of benzene rings is 2. The molecule has 0 unspecified atom stereocenters. The van der Waals surface area contributed by atoms with Crippen LogP contribution in [0.15, 0.2) is 24.3 Å². The molecule has 0 N–H and O–H groups in total. The smallest absolute Gasteiger partial charge is 0.00957 e. The van der Waals surface area contributed by atoms with Gasteiger partial charge in [0.05, 0.1) is 0 Å². The highest BCUT2D eigenvalue weighted by atomic mass is 14.3. The molecule has 0 aliphatic carbocycles. The Morgan fingerprint density at radius 1 is 0.769 bits per heavy atom. The van der Waals surface area contributed by atoms with Crippen molar-refractivity contribution in [1.82, 2.24) is 0 Å². The molecule has 2 radical (unpaired) electrons. The first-order valence-corrected chi connectivity index (χ1v) is 10.0. The molecule has 0 aliphatic heterocycles. The SMILES string of the molecule is CCCC(c1cc(C)c[c]c1C(C)(C)C)c1cc(C)c[c]c1C(C)(C)C. The van der Waals surface area contributed by atoms with Gasteiger partial charge in [-0.1, -0.05) is 90.3 Å². The minimum absolute atomic E-state index is 0.0878. The van der Waals surface area contributed by atoms with E-state index in [1.807, 2.05) is 0 Å². The Bertz CT molecular complexity index is 687. The average Bonchev–Trinajstić information content (AvgIpc) is 2.50. The first-order valence-electron chi connectivity index (χ1n) is 10.0. The highest BCUT2D eigenvalue weighted by Gasteiger charge is 2.28. The molecule has 0 heteroatoms. The van der Waals surface area contributed by atoms with Crippen LogP contribution < -0.4 is 0 Å². The lowest BCUT2D eigenvalue weighted by atomic mass is 9.72. The van der Waals surface area contributed by atoms with Crippen LogP contribution in [-0.2, 0) is 10.8 Å². The molecule has 2 rings (SSSR count). The molecule has 0 spiro atoms. The van der Waals surface area contributed by atoms with Gasteiger partial charge in [-0.2, -0.15) is 0 Å². The standard InChI is InChI=1S/C26H36/c1-10-11-20(21-16-18(2)12-14-23(21)25(4,5)6)22-17-19(3)13-15-24(22)26(7,8)9/h12-13,16-17,20H,10-11H2,1-9H3. The van der Waals surface area contributed by atoms with Gasteiger partial charge in [0.2, 0.25) is 0 Å². The molecule has 0 bridgehead atoms. The second-order valence-electron chi connectivity index (χ2n) is 9.86. The van der Waals surface area contributed by atoms with Crippen LogP contribution in [0.3, 0.4) is 0 Å². The lowest BCUT2D eigenvalue weighted by Crippen LogP contribution is -2.21. The summed E-state index contributed by atoms with van der Waals surface area (Å²) in [7, 11) is 0. The van der Waals surface area contributed by atoms with E-state index in [-0.39, 0.29) is 10.8 Å². The summed E-state index contributed by atoms with van der Waals surface area (Å²) in [6, 6.07) is 16.3. The van der Waals surface area contributed by atoms with Gasteiger partial charge in [0.1, 0.15) is 0 Å². The predicted octanol–water partition coefficient (Wildman–Crippen LogP) is 7.43. The molecule has 0 fully saturated rings. The summed E-state index contributed by atoms with van der Waals surface area (Å²) in [5, 5.41) is 0. The summed E-state index contributed by atoms with van der Waals surface area (Å²) >= 11 is 0. The Balaban J connectivity index is 2.77. The lowest BCUT2D eigenvalue weighted by Gasteiger charge is -2.32. The molecule has 0 atom stereocenters. The van der Waals surface area contributed by atoms with Gasteiger partial charge in [-0.05, 0) is 65.5 Å². The Morgan fingerprint density at radius 3 is 1.46 bits per heavy atom. The minimum atomic E-state index is 0.0878. The molecule has 140 valence electrons. The first kappa shape index (κ1) is 20.7. The Labute approximate surface area is 162 Å². The predicted molar refractivity (Wildman–Crippen MR) is 114 cm³/mol. The van der Waals surface area contributed by atoms with E-state index in [0.29, 0.717) is 5.92 Å². The van der Waals surface area contributed by atoms with Crippen LogP contribution in [0.5, 0.6) is 0 Å². The van der Waals surface area contributed by atoms with E-state index >= 15 is 0 Å². The molecular formula is C26H36. The van der Waals surface area contributed by atoms with Crippen LogP contribution in [0.4, 0.5) is 0 Å². The van der Waals surface area contributed by atoms with Crippen LogP contribution >= 0.6 is 0 Å². The maximum absolute atomic E-state index is 3.62. The molecule has 0 saturated carbocycles. The van der Waals surface area contributed by atoms with Crippen LogP contribution in [0.2, 0.25) is 0 Å². The Hall–Kier alpha value is -1.56. The fraction of sp³-hybridized carbons (Fsp3) is 0.538. The summed E-state index contributed by atoms with van der Waals surface area (Å²) in [6.45, 7) is 20.5. The van der Waals surface area contributed by atoms with Gasteiger partial charge < -0.3 is 0 Å². The average molecular weight is 349 g/mol. The van der Waals surface area contributed by atoms with Crippen LogP contribution in [0.25, 0.3) is 0 Å². The normalized spacial score (nSPS) is 12.7. The second kappa shape index (κ2) is 7.59. The third-order valence-corrected chi connectivity index (χ3v) is 5.06. The van der Waals surface area contributed by atoms with E-state index in [1.165, 1.54) is 39.8 Å². The quantitative estimate of drug-likeness (QED) is 0.539. The van der Waals surface area contributed by atoms with Crippen molar-refractivity contribution in [3.63, 3.8) is 0 Å². The van der Waals surface area contributed by atoms with Gasteiger partial charge in [0.25, 0.3) is 0 Å². The van der Waals surface area contributed by atoms with Crippen molar-refractivity contribution in [2.45, 2.75) is 91.9 Å². The van der Waals surface area contributed by atoms with Crippen LogP contribution in [0.1, 0.15) is 101 Å². The van der Waals surface area contributed by atoms with E-state index in [4.69, 9.17) is 0 Å². The van der Waals surface area contributed by atoms with Crippen molar-refractivity contribution in [1.29, 1.82) is 0 Å². The van der Waals surface area contributed by atoms with Crippen molar-refractivity contribution in [3.8, 4) is 0 Å². The van der Waals surface area contributed by atoms with Gasteiger partial charge in [0.15, 0.2) is 0 Å². The summed E-state index contributed by atoms with van der Waals surface area (Å²) in [5.74, 6) is 0.399. The van der Waals surface area contributed by atoms with E-state index in [2.05, 4.69) is 98.7 Å². The molecule has 2 aromatic rings. The summed E-state index contributed by atoms with van der Waals surface area (Å²) in [6.07, 6.45) is 2.32. The third-order valence-electron chi connectivity index (χ3n) is 5.06. The van der Waals surface area contributed by atoms with Crippen molar-refractivity contribution in [2.75, 3.05) is 0 Å². The zero-order valence-corrected chi connectivity index (χ0v) is 18.3. The Kier molecular flexibility index (Phi) is 6.06. The molecule has 2 aromatic carbocycles. The highest BCUT2D eigenvalue weighted by Crippen LogP contribution is 2.41. The van der Waals surface area contributed by atoms with Crippen molar-refractivity contribution >= 4 is 0 Å². The van der Waals surface area contributed by atoms with Gasteiger partial charge in [0, 0.05) is 5.92 Å². The molecule has 0 aromatic heterocycles. The number of hydrogen-bond donors (Lipinski definition) is 0. The maximum Gasteiger partial charge on any atom is 0.00957 e. The topological polar surface area (TPSA) is 0 Å². The van der Waals surface area contributed by atoms with Gasteiger partial charge in [-0.15, -0.1) is 0 Å². The maximum atomic E-state index is 3.62. The van der Waals surface area contributed by atoms with Crippen LogP contribution in [-0.4, -0.2) is 0 Å². The fourth-order valence-electron chi connectivity index (χ4n) is 3.87. The molecular weight excluding hydrogens is 312 g/mol. The van der Waals surface area contributed by atoms with Crippen molar-refractivity contribution in [2.24, 2.45) is 0 Å². The number of rotatable bonds is 4. The lowest BCUT2D eigenvalue weighted by molar-refractivity contribution is 0.552. The van der Waals surface area contributed by atoms with E-state index < -0.39 is 0 Å². The zero-order chi connectivity index (χ0) is 19.7. The van der Waals surface area contributed by atoms with Crippen molar-refractivity contribution in [3.05, 3.63) is 69.8 Å². The van der Waals surface area contributed by atoms with Crippen LogP contribution in [0, 0.1) is 26.0 Å². The third kappa shape index (κ3) is 4.58. The molecule has 0 amide bonds. The molecule has 26 heavy (non-hydrogen) atoms. The van der Waals surface area contributed by atoms with E-state index in [0.717, 1.165) is 6.42 Å². The fourth-order valence-corrected chi connectivity index (χ4v) is 3.87. The molecule has 0 heterocycles. The summed E-state index contributed by atoms with van der Waals surface area (Å²) in [5.41, 5.74) is 8.36. The number of aryl methyl sites for hydroxylation is 2. The first-order chi connectivity index (χ1) is 11.9. The van der Waals surface area contributed by atoms with E-state index in [9.17, 15) is 0 Å². The summed E-state index contributed by atoms with van der Waals surface area (Å²) < 4.78 is 0. The van der Waals surface area contributed by atoms with Crippen molar-refractivity contribution < 1.29 is 0 Å². The van der Waals surface area contributed by atoms with E-state index in [1.54, 1.807) is 0 Å². The summed E-state index contributed by atoms with van der Waals surface area (Å²) in [4.78, 5) is 0. The number of hydrogen-bond acceptors (Lipinski definition) is 0. The minimum Gasteiger partial charge on any atom is -0.0653 e. The second-order valence-corrected chi connectivity index (χ2v) is 9.86. The molecule has 0 saturated heterocycles. The molecule has 0 nitrogen and oxygen atoms in total. The van der Waals surface area contributed by atoms with Gasteiger partial charge >= 0.3 is 0 Å². The Morgan fingerprint density at radius 2 is 1.15 bits per heavy atom. The molecule has 0 aliphatic rings. The largest absolute Gasteiger partial charge is 0.0653 e. The van der Waals surface area contributed by atoms with Gasteiger partial charge in [-0.3, -0.25) is 0 Å².